The summed E-state index contributed by atoms with van der Waals surface area (Å²) in [6.45, 7) is 3.61. The monoisotopic (exact) mass is 265 g/mol. The Labute approximate surface area is 99.7 Å². The number of rotatable bonds is 4. The fourth-order valence-corrected chi connectivity index (χ4v) is 2.96. The van der Waals surface area contributed by atoms with Crippen molar-refractivity contribution < 1.29 is 12.8 Å². The third kappa shape index (κ3) is 3.17. The molecule has 0 heterocycles. The second-order valence-electron chi connectivity index (χ2n) is 3.51. The number of nitrogens with one attached hydrogen (secondary N) is 1. The van der Waals surface area contributed by atoms with Gasteiger partial charge in [0.1, 0.15) is 10.7 Å². The normalized spacial score (nSPS) is 13.8. The quantitative estimate of drug-likeness (QED) is 0.909. The summed E-state index contributed by atoms with van der Waals surface area (Å²) < 4.78 is 38.8. The summed E-state index contributed by atoms with van der Waals surface area (Å²) in [6, 6.07) is 3.01. The average Bonchev–Trinajstić information content (AvgIpc) is 2.16. The molecule has 0 aliphatic heterocycles. The molecule has 0 radical (unpaired) electrons. The van der Waals surface area contributed by atoms with E-state index in [0.717, 1.165) is 18.2 Å². The molecule has 0 saturated carbocycles. The molecule has 0 aliphatic carbocycles. The van der Waals surface area contributed by atoms with Crippen molar-refractivity contribution in [3.05, 3.63) is 29.0 Å². The Morgan fingerprint density at radius 1 is 1.50 bits per heavy atom. The molecule has 16 heavy (non-hydrogen) atoms. The number of benzene rings is 1. The first-order valence-electron chi connectivity index (χ1n) is 4.84. The van der Waals surface area contributed by atoms with E-state index in [9.17, 15) is 12.8 Å². The highest BCUT2D eigenvalue weighted by atomic mass is 35.5. The maximum absolute atomic E-state index is 12.8. The van der Waals surface area contributed by atoms with Gasteiger partial charge in [-0.3, -0.25) is 0 Å². The molecule has 0 spiro atoms. The van der Waals surface area contributed by atoms with Gasteiger partial charge in [0.05, 0.1) is 5.02 Å². The van der Waals surface area contributed by atoms with Crippen LogP contribution in [0.5, 0.6) is 0 Å². The molecule has 0 bridgehead atoms. The summed E-state index contributed by atoms with van der Waals surface area (Å²) in [5, 5.41) is -0.115. The van der Waals surface area contributed by atoms with Gasteiger partial charge in [0.2, 0.25) is 10.0 Å². The van der Waals surface area contributed by atoms with Gasteiger partial charge in [-0.1, -0.05) is 18.5 Å². The third-order valence-electron chi connectivity index (χ3n) is 2.15. The van der Waals surface area contributed by atoms with Crippen molar-refractivity contribution in [2.45, 2.75) is 31.2 Å². The van der Waals surface area contributed by atoms with Crippen LogP contribution in [0.3, 0.4) is 0 Å². The molecule has 90 valence electrons. The maximum Gasteiger partial charge on any atom is 0.242 e. The van der Waals surface area contributed by atoms with Gasteiger partial charge in [-0.25, -0.2) is 17.5 Å². The van der Waals surface area contributed by atoms with Crippen LogP contribution in [0.2, 0.25) is 5.02 Å². The minimum atomic E-state index is -3.67. The molecule has 1 aromatic carbocycles. The van der Waals surface area contributed by atoms with Crippen LogP contribution in [0.25, 0.3) is 0 Å². The highest BCUT2D eigenvalue weighted by Gasteiger charge is 2.19. The lowest BCUT2D eigenvalue weighted by molar-refractivity contribution is 0.555. The van der Waals surface area contributed by atoms with Crippen LogP contribution in [0.15, 0.2) is 23.1 Å². The van der Waals surface area contributed by atoms with Crippen LogP contribution in [0.1, 0.15) is 20.3 Å². The largest absolute Gasteiger partial charge is 0.242 e. The molecular weight excluding hydrogens is 253 g/mol. The molecule has 0 aromatic heterocycles. The number of sulfonamides is 1. The van der Waals surface area contributed by atoms with E-state index >= 15 is 0 Å². The summed E-state index contributed by atoms with van der Waals surface area (Å²) in [7, 11) is -3.67. The minimum absolute atomic E-state index is 0.101. The van der Waals surface area contributed by atoms with Gasteiger partial charge in [0.15, 0.2) is 0 Å². The molecule has 0 fully saturated rings. The Morgan fingerprint density at radius 2 is 2.12 bits per heavy atom. The number of hydrogen-bond donors (Lipinski definition) is 1. The Hall–Kier alpha value is -0.650. The zero-order valence-electron chi connectivity index (χ0n) is 9.00. The molecule has 1 atom stereocenters. The molecule has 6 heteroatoms. The van der Waals surface area contributed by atoms with Gasteiger partial charge in [0.25, 0.3) is 0 Å². The Kier molecular flexibility index (Phi) is 4.29. The highest BCUT2D eigenvalue weighted by molar-refractivity contribution is 7.89. The van der Waals surface area contributed by atoms with Gasteiger partial charge in [-0.2, -0.15) is 0 Å². The fraction of sp³-hybridized carbons (Fsp3) is 0.400. The maximum atomic E-state index is 12.8. The van der Waals surface area contributed by atoms with Crippen LogP contribution in [-0.2, 0) is 10.0 Å². The molecule has 3 nitrogen and oxygen atoms in total. The van der Waals surface area contributed by atoms with Crippen LogP contribution >= 0.6 is 11.6 Å². The van der Waals surface area contributed by atoms with Crippen molar-refractivity contribution in [2.75, 3.05) is 0 Å². The van der Waals surface area contributed by atoms with Gasteiger partial charge in [0, 0.05) is 6.04 Å². The highest BCUT2D eigenvalue weighted by Crippen LogP contribution is 2.22. The Bertz CT molecular complexity index is 476. The lowest BCUT2D eigenvalue weighted by Crippen LogP contribution is -2.32. The molecule has 1 unspecified atom stereocenters. The van der Waals surface area contributed by atoms with Crippen molar-refractivity contribution >= 4 is 21.6 Å². The van der Waals surface area contributed by atoms with Crippen LogP contribution < -0.4 is 4.72 Å². The fourth-order valence-electron chi connectivity index (χ4n) is 1.10. The molecule has 1 aromatic rings. The van der Waals surface area contributed by atoms with Crippen molar-refractivity contribution in [2.24, 2.45) is 0 Å². The van der Waals surface area contributed by atoms with Crippen LogP contribution in [0, 0.1) is 5.82 Å². The predicted octanol–water partition coefficient (Wildman–Crippen LogP) is 2.56. The molecule has 0 amide bonds. The van der Waals surface area contributed by atoms with E-state index in [4.69, 9.17) is 11.6 Å². The second kappa shape index (κ2) is 5.12. The summed E-state index contributed by atoms with van der Waals surface area (Å²) in [4.78, 5) is -0.101. The second-order valence-corrected chi connectivity index (χ2v) is 5.59. The first-order valence-corrected chi connectivity index (χ1v) is 6.70. The van der Waals surface area contributed by atoms with Gasteiger partial charge in [-0.05, 0) is 31.5 Å². The summed E-state index contributed by atoms with van der Waals surface area (Å²) in [5.74, 6) is -0.563. The van der Waals surface area contributed by atoms with Crippen molar-refractivity contribution in [3.63, 3.8) is 0 Å². The smallest absolute Gasteiger partial charge is 0.208 e. The SMILES string of the molecule is CCC(C)NS(=O)(=O)c1ccc(F)cc1Cl. The van der Waals surface area contributed by atoms with E-state index in [0.29, 0.717) is 6.42 Å². The first-order chi connectivity index (χ1) is 7.36. The van der Waals surface area contributed by atoms with Gasteiger partial charge >= 0.3 is 0 Å². The van der Waals surface area contributed by atoms with Crippen LogP contribution in [-0.4, -0.2) is 14.5 Å². The molecule has 1 rings (SSSR count). The van der Waals surface area contributed by atoms with Crippen LogP contribution in [0.4, 0.5) is 4.39 Å². The molecular formula is C10H13ClFNO2S. The summed E-state index contributed by atoms with van der Waals surface area (Å²) in [6.07, 6.45) is 0.665. The standard InChI is InChI=1S/C10H13ClFNO2S/c1-3-7(2)13-16(14,15)10-5-4-8(12)6-9(10)11/h4-7,13H,3H2,1-2H3. The lowest BCUT2D eigenvalue weighted by Gasteiger charge is -2.12. The van der Waals surface area contributed by atoms with E-state index in [1.54, 1.807) is 6.92 Å². The number of hydrogen-bond acceptors (Lipinski definition) is 2. The van der Waals surface area contributed by atoms with Gasteiger partial charge in [-0.15, -0.1) is 0 Å². The lowest BCUT2D eigenvalue weighted by atomic mass is 10.3. The van der Waals surface area contributed by atoms with E-state index in [1.807, 2.05) is 6.92 Å². The zero-order chi connectivity index (χ0) is 12.3. The van der Waals surface area contributed by atoms with Gasteiger partial charge < -0.3 is 0 Å². The summed E-state index contributed by atoms with van der Waals surface area (Å²) in [5.41, 5.74) is 0. The van der Waals surface area contributed by atoms with E-state index < -0.39 is 15.8 Å². The summed E-state index contributed by atoms with van der Waals surface area (Å²) >= 11 is 5.68. The Balaban J connectivity index is 3.08. The molecule has 1 N–H and O–H groups in total. The minimum Gasteiger partial charge on any atom is -0.208 e. The molecule has 0 aliphatic rings. The van der Waals surface area contributed by atoms with Crippen molar-refractivity contribution in [1.82, 2.24) is 4.72 Å². The van der Waals surface area contributed by atoms with E-state index in [1.165, 1.54) is 0 Å². The predicted molar refractivity (Wildman–Crippen MR) is 61.5 cm³/mol. The Morgan fingerprint density at radius 3 is 2.62 bits per heavy atom. The average molecular weight is 266 g/mol. The van der Waals surface area contributed by atoms with E-state index in [2.05, 4.69) is 4.72 Å². The molecule has 0 saturated heterocycles. The topological polar surface area (TPSA) is 46.2 Å². The van der Waals surface area contributed by atoms with Crippen molar-refractivity contribution in [3.8, 4) is 0 Å². The third-order valence-corrected chi connectivity index (χ3v) is 4.22. The van der Waals surface area contributed by atoms with E-state index in [-0.39, 0.29) is 16.0 Å². The van der Waals surface area contributed by atoms with Crippen molar-refractivity contribution in [1.29, 1.82) is 0 Å². The number of halogens is 2. The first kappa shape index (κ1) is 13.4. The zero-order valence-corrected chi connectivity index (χ0v) is 10.6.